The van der Waals surface area contributed by atoms with E-state index in [1.165, 1.54) is 11.3 Å². The van der Waals surface area contributed by atoms with E-state index in [4.69, 9.17) is 0 Å². The number of Topliss-reactive ketones (excluding diaryl/α,β-unsaturated/α-hetero) is 1. The zero-order valence-corrected chi connectivity index (χ0v) is 10.0. The summed E-state index contributed by atoms with van der Waals surface area (Å²) in [4.78, 5) is 20.2. The van der Waals surface area contributed by atoms with Gasteiger partial charge in [-0.3, -0.25) is 9.78 Å². The second kappa shape index (κ2) is 4.53. The van der Waals surface area contributed by atoms with E-state index in [0.717, 1.165) is 16.3 Å². The van der Waals surface area contributed by atoms with Gasteiger partial charge in [0, 0.05) is 17.3 Å². The average Bonchev–Trinajstić information content (AvgIpc) is 2.64. The highest BCUT2D eigenvalue weighted by Crippen LogP contribution is 2.12. The fourth-order valence-corrected chi connectivity index (χ4v) is 2.17. The van der Waals surface area contributed by atoms with Crippen molar-refractivity contribution in [3.05, 3.63) is 45.7 Å². The number of hydrogen-bond donors (Lipinski definition) is 0. The highest BCUT2D eigenvalue weighted by Gasteiger charge is 2.10. The Bertz CT molecular complexity index is 519. The van der Waals surface area contributed by atoms with Crippen molar-refractivity contribution in [2.45, 2.75) is 20.3 Å². The van der Waals surface area contributed by atoms with Crippen LogP contribution >= 0.6 is 11.3 Å². The van der Waals surface area contributed by atoms with Crippen LogP contribution in [0, 0.1) is 13.8 Å². The van der Waals surface area contributed by atoms with Gasteiger partial charge in [-0.1, -0.05) is 0 Å². The van der Waals surface area contributed by atoms with Gasteiger partial charge in [-0.15, -0.1) is 11.3 Å². The normalized spacial score (nSPS) is 10.4. The monoisotopic (exact) mass is 232 g/mol. The summed E-state index contributed by atoms with van der Waals surface area (Å²) in [6, 6.07) is 3.69. The van der Waals surface area contributed by atoms with Crippen LogP contribution in [0.5, 0.6) is 0 Å². The molecule has 0 aliphatic heterocycles. The number of carbonyl (C=O) groups excluding carboxylic acids is 1. The minimum atomic E-state index is 0.0260. The second-order valence-electron chi connectivity index (χ2n) is 3.70. The van der Waals surface area contributed by atoms with Gasteiger partial charge in [0.15, 0.2) is 5.78 Å². The molecule has 2 heterocycles. The van der Waals surface area contributed by atoms with Crippen LogP contribution in [0.25, 0.3) is 0 Å². The molecular weight excluding hydrogens is 220 g/mol. The van der Waals surface area contributed by atoms with Crippen molar-refractivity contribution in [2.75, 3.05) is 0 Å². The maximum Gasteiger partial charge on any atom is 0.187 e. The van der Waals surface area contributed by atoms with Gasteiger partial charge in [0.1, 0.15) is 10.7 Å². The number of pyridine rings is 1. The Labute approximate surface area is 98.2 Å². The summed E-state index contributed by atoms with van der Waals surface area (Å²) in [7, 11) is 0. The van der Waals surface area contributed by atoms with Crippen molar-refractivity contribution < 1.29 is 4.79 Å². The minimum absolute atomic E-state index is 0.0260. The first-order chi connectivity index (χ1) is 7.65. The van der Waals surface area contributed by atoms with Crippen molar-refractivity contribution in [3.63, 3.8) is 0 Å². The summed E-state index contributed by atoms with van der Waals surface area (Å²) in [6.07, 6.45) is 2.00. The van der Waals surface area contributed by atoms with Gasteiger partial charge in [-0.25, -0.2) is 4.98 Å². The third-order valence-corrected chi connectivity index (χ3v) is 3.15. The van der Waals surface area contributed by atoms with Crippen molar-refractivity contribution in [1.82, 2.24) is 9.97 Å². The third-order valence-electron chi connectivity index (χ3n) is 2.18. The summed E-state index contributed by atoms with van der Waals surface area (Å²) in [6.45, 7) is 3.88. The van der Waals surface area contributed by atoms with Gasteiger partial charge in [0.2, 0.25) is 0 Å². The molecule has 0 saturated carbocycles. The van der Waals surface area contributed by atoms with E-state index in [-0.39, 0.29) is 5.78 Å². The molecule has 3 nitrogen and oxygen atoms in total. The van der Waals surface area contributed by atoms with Crippen molar-refractivity contribution in [1.29, 1.82) is 0 Å². The first kappa shape index (κ1) is 11.0. The van der Waals surface area contributed by atoms with Crippen LogP contribution in [-0.2, 0) is 6.42 Å². The fourth-order valence-electron chi connectivity index (χ4n) is 1.40. The topological polar surface area (TPSA) is 42.9 Å². The minimum Gasteiger partial charge on any atom is -0.292 e. The van der Waals surface area contributed by atoms with Crippen LogP contribution in [0.3, 0.4) is 0 Å². The lowest BCUT2D eigenvalue weighted by molar-refractivity contribution is 0.0988. The van der Waals surface area contributed by atoms with Crippen LogP contribution < -0.4 is 0 Å². The maximum atomic E-state index is 11.9. The molecule has 0 fully saturated rings. The van der Waals surface area contributed by atoms with Crippen LogP contribution in [0.15, 0.2) is 23.7 Å². The number of hydrogen-bond acceptors (Lipinski definition) is 4. The molecular formula is C12H12N2OS. The number of nitrogens with zero attached hydrogens (tertiary/aromatic N) is 2. The molecule has 0 spiro atoms. The molecule has 82 valence electrons. The Hall–Kier alpha value is -1.55. The predicted molar refractivity (Wildman–Crippen MR) is 63.9 cm³/mol. The van der Waals surface area contributed by atoms with Gasteiger partial charge >= 0.3 is 0 Å². The van der Waals surface area contributed by atoms with Crippen molar-refractivity contribution >= 4 is 17.1 Å². The van der Waals surface area contributed by atoms with Crippen LogP contribution in [-0.4, -0.2) is 15.8 Å². The summed E-state index contributed by atoms with van der Waals surface area (Å²) in [5.41, 5.74) is 2.53. The van der Waals surface area contributed by atoms with E-state index in [0.29, 0.717) is 12.1 Å². The van der Waals surface area contributed by atoms with Gasteiger partial charge in [0.25, 0.3) is 0 Å². The molecule has 2 rings (SSSR count). The second-order valence-corrected chi connectivity index (χ2v) is 4.64. The Morgan fingerprint density at radius 3 is 2.88 bits per heavy atom. The van der Waals surface area contributed by atoms with Gasteiger partial charge in [-0.2, -0.15) is 0 Å². The molecule has 0 atom stereocenters. The smallest absolute Gasteiger partial charge is 0.187 e. The maximum absolute atomic E-state index is 11.9. The summed E-state index contributed by atoms with van der Waals surface area (Å²) in [5.74, 6) is 0.0260. The van der Waals surface area contributed by atoms with E-state index in [2.05, 4.69) is 9.97 Å². The molecule has 0 amide bonds. The molecule has 0 aromatic carbocycles. The number of ketones is 1. The van der Waals surface area contributed by atoms with E-state index in [9.17, 15) is 4.79 Å². The lowest BCUT2D eigenvalue weighted by atomic mass is 10.1. The molecule has 0 saturated heterocycles. The summed E-state index contributed by atoms with van der Waals surface area (Å²) >= 11 is 1.52. The molecule has 0 aliphatic carbocycles. The highest BCUT2D eigenvalue weighted by molar-refractivity contribution is 7.09. The van der Waals surface area contributed by atoms with E-state index >= 15 is 0 Å². The van der Waals surface area contributed by atoms with Crippen molar-refractivity contribution in [3.8, 4) is 0 Å². The first-order valence-corrected chi connectivity index (χ1v) is 5.90. The number of carbonyl (C=O) groups is 1. The third kappa shape index (κ3) is 2.52. The number of aryl methyl sites for hydroxylation is 2. The molecule has 0 radical (unpaired) electrons. The van der Waals surface area contributed by atoms with Gasteiger partial charge in [-0.05, 0) is 31.5 Å². The lowest BCUT2D eigenvalue weighted by Crippen LogP contribution is -2.05. The van der Waals surface area contributed by atoms with Crippen molar-refractivity contribution in [2.24, 2.45) is 0 Å². The molecule has 0 bridgehead atoms. The number of aromatic nitrogens is 2. The largest absolute Gasteiger partial charge is 0.292 e. The van der Waals surface area contributed by atoms with Gasteiger partial charge in [0.05, 0.1) is 6.42 Å². The highest BCUT2D eigenvalue weighted by atomic mass is 32.1. The molecule has 0 aliphatic rings. The molecule has 0 unspecified atom stereocenters. The number of rotatable bonds is 3. The standard InChI is InChI=1S/C12H12N2OS/c1-8-3-4-13-10(5-8)11(15)6-12-14-9(2)7-16-12/h3-5,7H,6H2,1-2H3. The Morgan fingerprint density at radius 1 is 1.44 bits per heavy atom. The predicted octanol–water partition coefficient (Wildman–Crippen LogP) is 2.58. The molecule has 2 aromatic rings. The van der Waals surface area contributed by atoms with E-state index in [1.807, 2.05) is 31.4 Å². The SMILES string of the molecule is Cc1ccnc(C(=O)Cc2nc(C)cs2)c1. The summed E-state index contributed by atoms with van der Waals surface area (Å²) in [5, 5.41) is 2.80. The van der Waals surface area contributed by atoms with Crippen LogP contribution in [0.1, 0.15) is 26.8 Å². The van der Waals surface area contributed by atoms with Gasteiger partial charge < -0.3 is 0 Å². The lowest BCUT2D eigenvalue weighted by Gasteiger charge is -1.98. The molecule has 16 heavy (non-hydrogen) atoms. The molecule has 2 aromatic heterocycles. The summed E-state index contributed by atoms with van der Waals surface area (Å²) < 4.78 is 0. The fraction of sp³-hybridized carbons (Fsp3) is 0.250. The molecule has 4 heteroatoms. The van der Waals surface area contributed by atoms with Crippen LogP contribution in [0.2, 0.25) is 0 Å². The quantitative estimate of drug-likeness (QED) is 0.764. The first-order valence-electron chi connectivity index (χ1n) is 5.02. The molecule has 0 N–H and O–H groups in total. The van der Waals surface area contributed by atoms with Crippen LogP contribution in [0.4, 0.5) is 0 Å². The zero-order valence-electron chi connectivity index (χ0n) is 9.23. The Kier molecular flexibility index (Phi) is 3.10. The Balaban J connectivity index is 2.14. The van der Waals surface area contributed by atoms with E-state index in [1.54, 1.807) is 6.20 Å². The van der Waals surface area contributed by atoms with E-state index < -0.39 is 0 Å². The average molecular weight is 232 g/mol. The zero-order chi connectivity index (χ0) is 11.5. The number of thiazole rings is 1. The Morgan fingerprint density at radius 2 is 2.25 bits per heavy atom.